The largest absolute Gasteiger partial charge is 0.390 e. The van der Waals surface area contributed by atoms with Crippen LogP contribution in [0.1, 0.15) is 49.5 Å². The third-order valence-electron chi connectivity index (χ3n) is 8.78. The molecular weight excluding hydrogens is 479 g/mol. The number of rotatable bonds is 5. The number of nitrogens with one attached hydrogen (secondary N) is 1. The first-order valence-electron chi connectivity index (χ1n) is 13.0. The van der Waals surface area contributed by atoms with Gasteiger partial charge < -0.3 is 20.2 Å². The Morgan fingerprint density at radius 1 is 1.22 bits per heavy atom. The van der Waals surface area contributed by atoms with Crippen LogP contribution in [0.3, 0.4) is 0 Å². The predicted molar refractivity (Wildman–Crippen MR) is 134 cm³/mol. The quantitative estimate of drug-likeness (QED) is 0.465. The van der Waals surface area contributed by atoms with Crippen LogP contribution in [-0.4, -0.2) is 63.2 Å². The van der Waals surface area contributed by atoms with E-state index >= 15 is 0 Å². The summed E-state index contributed by atoms with van der Waals surface area (Å²) >= 11 is 0. The van der Waals surface area contributed by atoms with Gasteiger partial charge in [-0.3, -0.25) is 14.9 Å². The number of nitro groups is 1. The van der Waals surface area contributed by atoms with Gasteiger partial charge in [-0.15, -0.1) is 0 Å². The number of nitrogens with zero attached hydrogens (tertiary/aromatic N) is 5. The molecule has 2 aromatic rings. The number of nitro benzene ring substituents is 1. The van der Waals surface area contributed by atoms with Crippen molar-refractivity contribution >= 4 is 23.2 Å². The zero-order valence-electron chi connectivity index (χ0n) is 20.7. The van der Waals surface area contributed by atoms with E-state index in [4.69, 9.17) is 0 Å². The van der Waals surface area contributed by atoms with Crippen molar-refractivity contribution in [1.82, 2.24) is 15.3 Å². The molecule has 2 N–H and O–H groups in total. The van der Waals surface area contributed by atoms with Crippen molar-refractivity contribution in [3.63, 3.8) is 0 Å². The van der Waals surface area contributed by atoms with Crippen LogP contribution in [0.15, 0.2) is 30.5 Å². The summed E-state index contributed by atoms with van der Waals surface area (Å²) in [6, 6.07) is 5.32. The minimum absolute atomic E-state index is 0.0711. The molecule has 3 unspecified atom stereocenters. The Bertz CT molecular complexity index is 1230. The number of hydrogen-bond acceptors (Lipinski definition) is 8. The van der Waals surface area contributed by atoms with E-state index in [0.29, 0.717) is 54.7 Å². The zero-order chi connectivity index (χ0) is 25.9. The third-order valence-corrected chi connectivity index (χ3v) is 8.78. The van der Waals surface area contributed by atoms with Crippen molar-refractivity contribution in [3.8, 4) is 0 Å². The summed E-state index contributed by atoms with van der Waals surface area (Å²) in [5.74, 6) is 0.808. The lowest BCUT2D eigenvalue weighted by atomic mass is 9.52. The summed E-state index contributed by atoms with van der Waals surface area (Å²) in [5, 5.41) is 25.0. The number of benzene rings is 1. The minimum Gasteiger partial charge on any atom is -0.390 e. The summed E-state index contributed by atoms with van der Waals surface area (Å²) in [5.41, 5.74) is -0.184. The monoisotopic (exact) mass is 510 g/mol. The molecule has 4 saturated carbocycles. The second kappa shape index (κ2) is 8.90. The van der Waals surface area contributed by atoms with Gasteiger partial charge >= 0.3 is 0 Å². The Hall–Kier alpha value is -3.34. The molecule has 1 amide bonds. The maximum Gasteiger partial charge on any atom is 0.272 e. The van der Waals surface area contributed by atoms with E-state index in [2.05, 4.69) is 15.3 Å². The van der Waals surface area contributed by atoms with Crippen LogP contribution in [-0.2, 0) is 0 Å². The molecule has 10 nitrogen and oxygen atoms in total. The van der Waals surface area contributed by atoms with Crippen LogP contribution in [0.2, 0.25) is 0 Å². The first-order valence-corrected chi connectivity index (χ1v) is 13.0. The smallest absolute Gasteiger partial charge is 0.272 e. The van der Waals surface area contributed by atoms with Gasteiger partial charge in [-0.2, -0.15) is 0 Å². The molecule has 37 heavy (non-hydrogen) atoms. The maximum atomic E-state index is 14.6. The number of halogens is 1. The molecule has 4 aliphatic carbocycles. The standard InChI is InChI=1S/C26H31FN6O4/c1-15-14-31(22-3-2-19(33(36)37)10-20(22)27)6-7-32(15)25-28-5-4-21(29-25)24(34)30-23-17-8-16-9-18(23)13-26(35,11-16)12-17/h2-5,10,15-18,23,35H,6-9,11-14H2,1H3,(H,30,34). The highest BCUT2D eigenvalue weighted by Gasteiger charge is 2.55. The average Bonchev–Trinajstić information content (AvgIpc) is 2.85. The van der Waals surface area contributed by atoms with Crippen LogP contribution in [0.5, 0.6) is 0 Å². The highest BCUT2D eigenvalue weighted by molar-refractivity contribution is 5.92. The minimum atomic E-state index is -0.623. The Morgan fingerprint density at radius 2 is 1.97 bits per heavy atom. The number of aliphatic hydroxyl groups is 1. The fourth-order valence-electron chi connectivity index (χ4n) is 7.39. The number of non-ortho nitro benzene ring substituents is 1. The molecule has 5 aliphatic rings. The molecular formula is C26H31FN6O4. The van der Waals surface area contributed by atoms with Crippen molar-refractivity contribution < 1.29 is 19.2 Å². The number of aromatic nitrogens is 2. The van der Waals surface area contributed by atoms with E-state index < -0.39 is 16.3 Å². The van der Waals surface area contributed by atoms with Gasteiger partial charge in [-0.1, -0.05) is 0 Å². The lowest BCUT2D eigenvalue weighted by molar-refractivity contribution is -0.385. The van der Waals surface area contributed by atoms with Crippen molar-refractivity contribution in [3.05, 3.63) is 52.1 Å². The average molecular weight is 511 g/mol. The Labute approximate surface area is 214 Å². The molecule has 0 radical (unpaired) electrons. The lowest BCUT2D eigenvalue weighted by Crippen LogP contribution is -2.61. The molecule has 1 aromatic heterocycles. The molecule has 5 fully saturated rings. The van der Waals surface area contributed by atoms with Crippen LogP contribution in [0.4, 0.5) is 21.7 Å². The van der Waals surface area contributed by atoms with Crippen LogP contribution >= 0.6 is 0 Å². The van der Waals surface area contributed by atoms with E-state index in [1.807, 2.05) is 16.7 Å². The fourth-order valence-corrected chi connectivity index (χ4v) is 7.39. The second-order valence-electron chi connectivity index (χ2n) is 11.3. The Morgan fingerprint density at radius 3 is 2.62 bits per heavy atom. The van der Waals surface area contributed by atoms with E-state index in [-0.39, 0.29) is 23.7 Å². The SMILES string of the molecule is CC1CN(c2ccc([N+](=O)[O-])cc2F)CCN1c1nccc(C(=O)NC2C3CC4CC2CC(O)(C4)C3)n1. The number of carbonyl (C=O) groups is 1. The first-order chi connectivity index (χ1) is 17.7. The zero-order valence-corrected chi connectivity index (χ0v) is 20.7. The molecule has 1 aromatic carbocycles. The van der Waals surface area contributed by atoms with Gasteiger partial charge in [0.2, 0.25) is 5.95 Å². The van der Waals surface area contributed by atoms with Crippen molar-refractivity contribution in [2.75, 3.05) is 29.4 Å². The molecule has 11 heteroatoms. The molecule has 196 valence electrons. The van der Waals surface area contributed by atoms with Crippen LogP contribution in [0, 0.1) is 33.7 Å². The molecule has 1 saturated heterocycles. The number of anilines is 2. The van der Waals surface area contributed by atoms with Crippen LogP contribution in [0.25, 0.3) is 0 Å². The maximum absolute atomic E-state index is 14.6. The summed E-state index contributed by atoms with van der Waals surface area (Å²) in [7, 11) is 0. The fraction of sp³-hybridized carbons (Fsp3) is 0.577. The van der Waals surface area contributed by atoms with Gasteiger partial charge in [0.15, 0.2) is 5.82 Å². The van der Waals surface area contributed by atoms with Crippen LogP contribution < -0.4 is 15.1 Å². The summed E-state index contributed by atoms with van der Waals surface area (Å²) < 4.78 is 14.6. The predicted octanol–water partition coefficient (Wildman–Crippen LogP) is 2.91. The number of piperazine rings is 1. The molecule has 2 heterocycles. The highest BCUT2D eigenvalue weighted by Crippen LogP contribution is 2.55. The molecule has 7 rings (SSSR count). The molecule has 4 bridgehead atoms. The van der Waals surface area contributed by atoms with Gasteiger partial charge in [-0.25, -0.2) is 14.4 Å². The van der Waals surface area contributed by atoms with Crippen molar-refractivity contribution in [2.45, 2.75) is 56.7 Å². The topological polar surface area (TPSA) is 125 Å². The van der Waals surface area contributed by atoms with Gasteiger partial charge in [0.05, 0.1) is 22.3 Å². The summed E-state index contributed by atoms with van der Waals surface area (Å²) in [6.07, 6.45) is 6.14. The number of hydrogen-bond donors (Lipinski definition) is 2. The van der Waals surface area contributed by atoms with Gasteiger partial charge in [0.25, 0.3) is 11.6 Å². The lowest BCUT2D eigenvalue weighted by Gasteiger charge is -2.58. The normalized spacial score (nSPS) is 32.5. The number of amides is 1. The van der Waals surface area contributed by atoms with E-state index in [9.17, 15) is 24.4 Å². The molecule has 1 aliphatic heterocycles. The van der Waals surface area contributed by atoms with Gasteiger partial charge in [-0.05, 0) is 68.9 Å². The summed E-state index contributed by atoms with van der Waals surface area (Å²) in [6.45, 7) is 3.44. The van der Waals surface area contributed by atoms with Gasteiger partial charge in [0, 0.05) is 44.0 Å². The summed E-state index contributed by atoms with van der Waals surface area (Å²) in [4.78, 5) is 36.3. The van der Waals surface area contributed by atoms with Gasteiger partial charge in [0.1, 0.15) is 5.69 Å². The van der Waals surface area contributed by atoms with E-state index in [1.54, 1.807) is 12.3 Å². The van der Waals surface area contributed by atoms with Crippen molar-refractivity contribution in [2.24, 2.45) is 17.8 Å². The van der Waals surface area contributed by atoms with Crippen molar-refractivity contribution in [1.29, 1.82) is 0 Å². The highest BCUT2D eigenvalue weighted by atomic mass is 19.1. The molecule has 3 atom stereocenters. The first kappa shape index (κ1) is 24.0. The second-order valence-corrected chi connectivity index (χ2v) is 11.3. The third kappa shape index (κ3) is 4.39. The Kier molecular flexibility index (Phi) is 5.78. The Balaban J connectivity index is 1.13. The molecule has 0 spiro atoms. The van der Waals surface area contributed by atoms with E-state index in [1.165, 1.54) is 12.1 Å². The van der Waals surface area contributed by atoms with E-state index in [0.717, 1.165) is 38.2 Å². The number of carbonyl (C=O) groups excluding carboxylic acids is 1.